The summed E-state index contributed by atoms with van der Waals surface area (Å²) in [7, 11) is 0. The van der Waals surface area contributed by atoms with E-state index in [1.165, 1.54) is 0 Å². The maximum Gasteiger partial charge on any atom is 0.242 e. The summed E-state index contributed by atoms with van der Waals surface area (Å²) >= 11 is 13.4. The van der Waals surface area contributed by atoms with Gasteiger partial charge in [-0.1, -0.05) is 23.7 Å². The monoisotopic (exact) mass is 299 g/mol. The Morgan fingerprint density at radius 3 is 2.67 bits per heavy atom. The van der Waals surface area contributed by atoms with E-state index >= 15 is 0 Å². The van der Waals surface area contributed by atoms with E-state index in [-0.39, 0.29) is 11.8 Å². The maximum atomic E-state index is 11.9. The molecule has 0 radical (unpaired) electrons. The highest BCUT2D eigenvalue weighted by molar-refractivity contribution is 7.07. The molecule has 0 bridgehead atoms. The van der Waals surface area contributed by atoms with Crippen LogP contribution in [0.15, 0.2) is 41.1 Å². The fourth-order valence-electron chi connectivity index (χ4n) is 1.62. The van der Waals surface area contributed by atoms with Gasteiger partial charge in [0.15, 0.2) is 0 Å². The van der Waals surface area contributed by atoms with Gasteiger partial charge in [0.2, 0.25) is 5.91 Å². The number of carbonyl (C=O) groups excluding carboxylic acids is 1. The number of hydrogen-bond donors (Lipinski definition) is 0. The second kappa shape index (κ2) is 6.23. The molecule has 5 heteroatoms. The number of benzene rings is 1. The Bertz CT molecular complexity index is 528. The third-order valence-corrected chi connectivity index (χ3v) is 3.76. The lowest BCUT2D eigenvalue weighted by Crippen LogP contribution is -2.31. The first-order valence-electron chi connectivity index (χ1n) is 5.34. The van der Waals surface area contributed by atoms with Crippen LogP contribution in [0, 0.1) is 0 Å². The van der Waals surface area contributed by atoms with E-state index in [0.29, 0.717) is 17.3 Å². The second-order valence-electron chi connectivity index (χ2n) is 3.70. The molecule has 0 saturated carbocycles. The molecule has 0 N–H and O–H groups in total. The molecule has 0 fully saturated rings. The molecule has 1 heterocycles. The van der Waals surface area contributed by atoms with E-state index in [1.54, 1.807) is 22.3 Å². The molecule has 1 amide bonds. The van der Waals surface area contributed by atoms with Crippen LogP contribution in [-0.4, -0.2) is 11.8 Å². The third-order valence-electron chi connectivity index (χ3n) is 2.48. The van der Waals surface area contributed by atoms with Crippen LogP contribution in [0.4, 0.5) is 5.69 Å². The van der Waals surface area contributed by atoms with Crippen molar-refractivity contribution < 1.29 is 4.79 Å². The Kier molecular flexibility index (Phi) is 4.64. The molecule has 1 aromatic heterocycles. The van der Waals surface area contributed by atoms with Crippen molar-refractivity contribution in [2.45, 2.75) is 6.54 Å². The number of amides is 1. The van der Waals surface area contributed by atoms with Crippen LogP contribution in [0.5, 0.6) is 0 Å². The summed E-state index contributed by atoms with van der Waals surface area (Å²) in [5.74, 6) is -0.217. The van der Waals surface area contributed by atoms with Crippen molar-refractivity contribution >= 4 is 46.1 Å². The normalized spacial score (nSPS) is 10.3. The molecule has 2 aromatic rings. The van der Waals surface area contributed by atoms with Crippen molar-refractivity contribution in [3.05, 3.63) is 51.7 Å². The quantitative estimate of drug-likeness (QED) is 0.776. The number of nitrogens with zero attached hydrogens (tertiary/aromatic N) is 1. The molecule has 0 aliphatic rings. The van der Waals surface area contributed by atoms with Crippen LogP contribution in [0.3, 0.4) is 0 Å². The van der Waals surface area contributed by atoms with Crippen LogP contribution in [-0.2, 0) is 11.3 Å². The first-order valence-corrected chi connectivity index (χ1v) is 7.20. The molecule has 0 spiro atoms. The lowest BCUT2D eigenvalue weighted by atomic mass is 10.2. The van der Waals surface area contributed by atoms with Gasteiger partial charge < -0.3 is 4.90 Å². The van der Waals surface area contributed by atoms with Crippen molar-refractivity contribution in [2.75, 3.05) is 10.8 Å². The number of alkyl halides is 1. The van der Waals surface area contributed by atoms with Gasteiger partial charge in [-0.3, -0.25) is 4.79 Å². The molecule has 18 heavy (non-hydrogen) atoms. The van der Waals surface area contributed by atoms with Crippen molar-refractivity contribution in [1.82, 2.24) is 0 Å². The molecule has 0 unspecified atom stereocenters. The van der Waals surface area contributed by atoms with Crippen LogP contribution in [0.25, 0.3) is 0 Å². The summed E-state index contributed by atoms with van der Waals surface area (Å²) in [4.78, 5) is 13.5. The summed E-state index contributed by atoms with van der Waals surface area (Å²) in [6.45, 7) is 0.485. The summed E-state index contributed by atoms with van der Waals surface area (Å²) in [5.41, 5.74) is 1.76. The predicted octanol–water partition coefficient (Wildman–Crippen LogP) is 4.17. The zero-order valence-corrected chi connectivity index (χ0v) is 11.8. The summed E-state index contributed by atoms with van der Waals surface area (Å²) in [5, 5.41) is 4.53. The largest absolute Gasteiger partial charge is 0.305 e. The molecule has 2 rings (SSSR count). The molecule has 94 valence electrons. The number of hydrogen-bond acceptors (Lipinski definition) is 2. The number of para-hydroxylation sites is 1. The van der Waals surface area contributed by atoms with Crippen molar-refractivity contribution in [3.63, 3.8) is 0 Å². The van der Waals surface area contributed by atoms with E-state index in [0.717, 1.165) is 5.56 Å². The van der Waals surface area contributed by atoms with Gasteiger partial charge >= 0.3 is 0 Å². The van der Waals surface area contributed by atoms with Gasteiger partial charge in [0, 0.05) is 0 Å². The standard InChI is InChI=1S/C13H11Cl2NOS/c14-7-13(17)16(8-10-5-6-18-9-10)12-4-2-1-3-11(12)15/h1-6,9H,7-8H2. The van der Waals surface area contributed by atoms with Gasteiger partial charge in [0.25, 0.3) is 0 Å². The van der Waals surface area contributed by atoms with E-state index in [9.17, 15) is 4.79 Å². The first kappa shape index (κ1) is 13.4. The van der Waals surface area contributed by atoms with Crippen molar-refractivity contribution in [2.24, 2.45) is 0 Å². The highest BCUT2D eigenvalue weighted by Gasteiger charge is 2.17. The number of thiophene rings is 1. The van der Waals surface area contributed by atoms with E-state index in [1.807, 2.05) is 35.0 Å². The van der Waals surface area contributed by atoms with E-state index < -0.39 is 0 Å². The first-order chi connectivity index (χ1) is 8.72. The summed E-state index contributed by atoms with van der Waals surface area (Å²) in [6, 6.07) is 9.25. The molecule has 1 aromatic carbocycles. The molecule has 2 nitrogen and oxygen atoms in total. The van der Waals surface area contributed by atoms with Gasteiger partial charge in [0.05, 0.1) is 17.3 Å². The van der Waals surface area contributed by atoms with Gasteiger partial charge in [-0.05, 0) is 34.5 Å². The van der Waals surface area contributed by atoms with Crippen LogP contribution >= 0.6 is 34.5 Å². The van der Waals surface area contributed by atoms with E-state index in [2.05, 4.69) is 0 Å². The molecule has 0 atom stereocenters. The maximum absolute atomic E-state index is 11.9. The minimum absolute atomic E-state index is 0.0602. The average Bonchev–Trinajstić information content (AvgIpc) is 2.89. The van der Waals surface area contributed by atoms with Crippen LogP contribution in [0.1, 0.15) is 5.56 Å². The zero-order valence-electron chi connectivity index (χ0n) is 9.48. The van der Waals surface area contributed by atoms with Crippen LogP contribution < -0.4 is 4.90 Å². The highest BCUT2D eigenvalue weighted by atomic mass is 35.5. The Labute approximate surface area is 120 Å². The highest BCUT2D eigenvalue weighted by Crippen LogP contribution is 2.27. The van der Waals surface area contributed by atoms with E-state index in [4.69, 9.17) is 23.2 Å². The summed E-state index contributed by atoms with van der Waals surface area (Å²) < 4.78 is 0. The SMILES string of the molecule is O=C(CCl)N(Cc1ccsc1)c1ccccc1Cl. The fourth-order valence-corrected chi connectivity index (χ4v) is 2.66. The summed E-state index contributed by atoms with van der Waals surface area (Å²) in [6.07, 6.45) is 0. The molecule has 0 aliphatic carbocycles. The molecular formula is C13H11Cl2NOS. The zero-order chi connectivity index (χ0) is 13.0. The fraction of sp³-hybridized carbons (Fsp3) is 0.154. The third kappa shape index (κ3) is 3.05. The van der Waals surface area contributed by atoms with Gasteiger partial charge in [-0.25, -0.2) is 0 Å². The Morgan fingerprint density at radius 1 is 1.28 bits per heavy atom. The molecular weight excluding hydrogens is 289 g/mol. The van der Waals surface area contributed by atoms with Crippen molar-refractivity contribution in [1.29, 1.82) is 0 Å². The smallest absolute Gasteiger partial charge is 0.242 e. The van der Waals surface area contributed by atoms with Gasteiger partial charge in [-0.2, -0.15) is 11.3 Å². The Morgan fingerprint density at radius 2 is 2.06 bits per heavy atom. The predicted molar refractivity (Wildman–Crippen MR) is 77.7 cm³/mol. The molecule has 0 aliphatic heterocycles. The minimum Gasteiger partial charge on any atom is -0.305 e. The Balaban J connectivity index is 2.31. The lowest BCUT2D eigenvalue weighted by Gasteiger charge is -2.22. The topological polar surface area (TPSA) is 20.3 Å². The number of rotatable bonds is 4. The average molecular weight is 300 g/mol. The van der Waals surface area contributed by atoms with Crippen LogP contribution in [0.2, 0.25) is 5.02 Å². The van der Waals surface area contributed by atoms with Crippen molar-refractivity contribution in [3.8, 4) is 0 Å². The van der Waals surface area contributed by atoms with Gasteiger partial charge in [-0.15, -0.1) is 11.6 Å². The minimum atomic E-state index is -0.157. The second-order valence-corrected chi connectivity index (χ2v) is 5.15. The number of anilines is 1. The molecule has 0 saturated heterocycles. The van der Waals surface area contributed by atoms with Gasteiger partial charge in [0.1, 0.15) is 5.88 Å². The Hall–Kier alpha value is -1.03. The lowest BCUT2D eigenvalue weighted by molar-refractivity contribution is -0.116. The number of halogens is 2. The number of carbonyl (C=O) groups is 1.